The van der Waals surface area contributed by atoms with Crippen molar-refractivity contribution in [2.24, 2.45) is 0 Å². The summed E-state index contributed by atoms with van der Waals surface area (Å²) < 4.78 is 21.6. The second kappa shape index (κ2) is 9.46. The van der Waals surface area contributed by atoms with E-state index in [1.165, 1.54) is 18.2 Å². The molecule has 2 aliphatic rings. The quantitative estimate of drug-likeness (QED) is 0.640. The second-order valence-corrected chi connectivity index (χ2v) is 7.97. The lowest BCUT2D eigenvalue weighted by Gasteiger charge is -2.40. The van der Waals surface area contributed by atoms with Gasteiger partial charge in [0.2, 0.25) is 0 Å². The predicted molar refractivity (Wildman–Crippen MR) is 122 cm³/mol. The molecule has 4 rings (SSSR count). The van der Waals surface area contributed by atoms with Gasteiger partial charge in [0.1, 0.15) is 12.7 Å². The Morgan fingerprint density at radius 3 is 2.21 bits per heavy atom. The average molecular weight is 453 g/mol. The first-order chi connectivity index (χ1) is 16.0. The third-order valence-corrected chi connectivity index (χ3v) is 6.18. The number of fused-ring (bicyclic) bond motifs is 2. The van der Waals surface area contributed by atoms with Crippen molar-refractivity contribution in [1.29, 1.82) is 5.26 Å². The average Bonchev–Trinajstić information content (AvgIpc) is 2.84. The highest BCUT2D eigenvalue weighted by atomic mass is 16.5. The summed E-state index contributed by atoms with van der Waals surface area (Å²) in [5.41, 5.74) is 3.52. The lowest BCUT2D eigenvalue weighted by atomic mass is 9.98. The topological polar surface area (TPSA) is 96.3 Å². The van der Waals surface area contributed by atoms with Gasteiger partial charge < -0.3 is 29.2 Å². The first-order valence-electron chi connectivity index (χ1n) is 10.7. The molecule has 0 radical (unpaired) electrons. The number of ether oxygens (including phenoxy) is 4. The Morgan fingerprint density at radius 1 is 0.970 bits per heavy atom. The molecule has 0 aromatic heterocycles. The molecule has 0 spiro atoms. The summed E-state index contributed by atoms with van der Waals surface area (Å²) >= 11 is 0. The lowest BCUT2D eigenvalue weighted by molar-refractivity contribution is 0.0662. The number of hydrogen-bond donors (Lipinski definition) is 1. The van der Waals surface area contributed by atoms with E-state index in [0.717, 1.165) is 18.7 Å². The van der Waals surface area contributed by atoms with Crippen molar-refractivity contribution < 1.29 is 23.7 Å². The molecule has 33 heavy (non-hydrogen) atoms. The van der Waals surface area contributed by atoms with Crippen LogP contribution in [0.3, 0.4) is 0 Å². The van der Waals surface area contributed by atoms with Crippen LogP contribution in [0.4, 0.5) is 5.69 Å². The highest BCUT2D eigenvalue weighted by molar-refractivity contribution is 6.02. The molecule has 0 aliphatic carbocycles. The van der Waals surface area contributed by atoms with E-state index in [-0.39, 0.29) is 18.6 Å². The first-order valence-corrected chi connectivity index (χ1v) is 10.7. The van der Waals surface area contributed by atoms with Crippen molar-refractivity contribution in [1.82, 2.24) is 9.80 Å². The number of carbonyl (C=O) groups is 1. The van der Waals surface area contributed by atoms with Crippen molar-refractivity contribution in [3.8, 4) is 29.1 Å². The smallest absolute Gasteiger partial charge is 0.258 e. The third-order valence-electron chi connectivity index (χ3n) is 6.18. The van der Waals surface area contributed by atoms with Crippen molar-refractivity contribution in [3.63, 3.8) is 0 Å². The maximum atomic E-state index is 13.3. The SMILES string of the molecule is COc1cc2c(cc1OC)CN(C[C@@H]1Nc3cc(OC)c(OC)cc3C(=O)N1CC#N)CC2. The van der Waals surface area contributed by atoms with Crippen LogP contribution in [0, 0.1) is 11.3 Å². The number of amides is 1. The van der Waals surface area contributed by atoms with Crippen LogP contribution in [0.5, 0.6) is 23.0 Å². The molecular weight excluding hydrogens is 424 g/mol. The minimum Gasteiger partial charge on any atom is -0.493 e. The number of nitrogens with zero attached hydrogens (tertiary/aromatic N) is 3. The summed E-state index contributed by atoms with van der Waals surface area (Å²) in [4.78, 5) is 17.1. The van der Waals surface area contributed by atoms with Gasteiger partial charge in [-0.1, -0.05) is 0 Å². The third kappa shape index (κ3) is 4.22. The highest BCUT2D eigenvalue weighted by Crippen LogP contribution is 2.37. The molecule has 2 aliphatic heterocycles. The number of rotatable bonds is 7. The van der Waals surface area contributed by atoms with Gasteiger partial charge in [-0.2, -0.15) is 5.26 Å². The van der Waals surface area contributed by atoms with Crippen molar-refractivity contribution >= 4 is 11.6 Å². The van der Waals surface area contributed by atoms with Crippen LogP contribution in [-0.4, -0.2) is 69.9 Å². The van der Waals surface area contributed by atoms with Gasteiger partial charge in [0.15, 0.2) is 23.0 Å². The Kier molecular flexibility index (Phi) is 6.47. The summed E-state index contributed by atoms with van der Waals surface area (Å²) in [5, 5.41) is 12.8. The van der Waals surface area contributed by atoms with E-state index < -0.39 is 0 Å². The van der Waals surface area contributed by atoms with Crippen LogP contribution in [0.2, 0.25) is 0 Å². The minimum absolute atomic E-state index is 0.0142. The fourth-order valence-corrected chi connectivity index (χ4v) is 4.47. The monoisotopic (exact) mass is 452 g/mol. The van der Waals surface area contributed by atoms with Crippen molar-refractivity contribution in [3.05, 3.63) is 41.0 Å². The van der Waals surface area contributed by atoms with E-state index in [2.05, 4.69) is 16.3 Å². The molecule has 0 saturated carbocycles. The number of carbonyl (C=O) groups excluding carboxylic acids is 1. The standard InChI is InChI=1S/C24H28N4O5/c1-30-19-9-15-5-7-27(13-16(15)10-20(19)31-2)14-23-26-18-12-22(33-4)21(32-3)11-17(18)24(29)28(23)8-6-25/h9-12,23,26H,5,7-8,13-14H2,1-4H3/t23-/m1/s1. The number of methoxy groups -OCH3 is 4. The molecule has 0 bridgehead atoms. The van der Waals surface area contributed by atoms with Crippen LogP contribution in [0.1, 0.15) is 21.5 Å². The van der Waals surface area contributed by atoms with Crippen LogP contribution in [0.25, 0.3) is 0 Å². The molecule has 0 fully saturated rings. The van der Waals surface area contributed by atoms with E-state index >= 15 is 0 Å². The molecule has 2 aromatic carbocycles. The molecule has 1 amide bonds. The molecule has 1 N–H and O–H groups in total. The zero-order valence-corrected chi connectivity index (χ0v) is 19.3. The van der Waals surface area contributed by atoms with Crippen molar-refractivity contribution in [2.45, 2.75) is 19.1 Å². The summed E-state index contributed by atoms with van der Waals surface area (Å²) in [5.74, 6) is 2.23. The van der Waals surface area contributed by atoms with E-state index in [1.807, 2.05) is 12.1 Å². The fourth-order valence-electron chi connectivity index (χ4n) is 4.47. The Bertz CT molecular complexity index is 1100. The van der Waals surface area contributed by atoms with Crippen molar-refractivity contribution in [2.75, 3.05) is 53.4 Å². The zero-order chi connectivity index (χ0) is 23.5. The Morgan fingerprint density at radius 2 is 1.58 bits per heavy atom. The Balaban J connectivity index is 1.59. The number of nitrogens with one attached hydrogen (secondary N) is 1. The number of hydrogen-bond acceptors (Lipinski definition) is 8. The van der Waals surface area contributed by atoms with Gasteiger partial charge in [-0.15, -0.1) is 0 Å². The second-order valence-electron chi connectivity index (χ2n) is 7.97. The normalized spacial score (nSPS) is 17.4. The molecule has 2 aromatic rings. The molecule has 2 heterocycles. The zero-order valence-electron chi connectivity index (χ0n) is 19.3. The van der Waals surface area contributed by atoms with Crippen LogP contribution >= 0.6 is 0 Å². The molecule has 174 valence electrons. The summed E-state index contributed by atoms with van der Waals surface area (Å²) in [6.07, 6.45) is 0.500. The molecule has 0 unspecified atom stereocenters. The number of anilines is 1. The largest absolute Gasteiger partial charge is 0.493 e. The Hall–Kier alpha value is -3.64. The van der Waals surface area contributed by atoms with E-state index in [9.17, 15) is 10.1 Å². The molecule has 0 saturated heterocycles. The van der Waals surface area contributed by atoms with Gasteiger partial charge in [-0.25, -0.2) is 0 Å². The van der Waals surface area contributed by atoms with Gasteiger partial charge in [-0.3, -0.25) is 9.69 Å². The van der Waals surface area contributed by atoms with Gasteiger partial charge in [0.05, 0.1) is 45.8 Å². The van der Waals surface area contributed by atoms with Crippen LogP contribution in [-0.2, 0) is 13.0 Å². The number of benzene rings is 2. The van der Waals surface area contributed by atoms with E-state index in [4.69, 9.17) is 18.9 Å². The van der Waals surface area contributed by atoms with Gasteiger partial charge in [0.25, 0.3) is 5.91 Å². The van der Waals surface area contributed by atoms with Crippen LogP contribution in [0.15, 0.2) is 24.3 Å². The first kappa shape index (κ1) is 22.6. The maximum Gasteiger partial charge on any atom is 0.258 e. The molecule has 1 atom stereocenters. The molecule has 9 nitrogen and oxygen atoms in total. The molecular formula is C24H28N4O5. The summed E-state index contributed by atoms with van der Waals surface area (Å²) in [6.45, 7) is 2.09. The van der Waals surface area contributed by atoms with Crippen LogP contribution < -0.4 is 24.3 Å². The minimum atomic E-state index is -0.357. The van der Waals surface area contributed by atoms with Gasteiger partial charge in [-0.05, 0) is 35.7 Å². The highest BCUT2D eigenvalue weighted by Gasteiger charge is 2.35. The predicted octanol–water partition coefficient (Wildman–Crippen LogP) is 2.50. The fraction of sp³-hybridized carbons (Fsp3) is 0.417. The number of nitriles is 1. The molecule has 9 heteroatoms. The van der Waals surface area contributed by atoms with Gasteiger partial charge >= 0.3 is 0 Å². The Labute approximate surface area is 193 Å². The summed E-state index contributed by atoms with van der Waals surface area (Å²) in [7, 11) is 6.35. The van der Waals surface area contributed by atoms with Gasteiger partial charge in [0, 0.05) is 25.7 Å². The van der Waals surface area contributed by atoms with E-state index in [0.29, 0.717) is 41.6 Å². The summed E-state index contributed by atoms with van der Waals surface area (Å²) in [6, 6.07) is 9.59. The lowest BCUT2D eigenvalue weighted by Crippen LogP contribution is -2.54. The van der Waals surface area contributed by atoms with E-state index in [1.54, 1.807) is 38.4 Å². The maximum absolute atomic E-state index is 13.3.